The highest BCUT2D eigenvalue weighted by atomic mass is 35.5. The second-order valence-corrected chi connectivity index (χ2v) is 9.03. The molecule has 2 aliphatic rings. The lowest BCUT2D eigenvalue weighted by Gasteiger charge is -2.30. The molecule has 2 fully saturated rings. The minimum Gasteiger partial charge on any atom is -0.508 e. The number of benzene rings is 1. The molecule has 1 saturated carbocycles. The lowest BCUT2D eigenvalue weighted by molar-refractivity contribution is -0.128. The number of phenolic OH excluding ortho intramolecular Hbond substituents is 1. The maximum Gasteiger partial charge on any atom is 0.253 e. The zero-order valence-corrected chi connectivity index (χ0v) is 18.1. The predicted octanol–water partition coefficient (Wildman–Crippen LogP) is 2.98. The fourth-order valence-corrected chi connectivity index (χ4v) is 4.68. The molecule has 3 rings (SSSR count). The van der Waals surface area contributed by atoms with E-state index < -0.39 is 23.9 Å². The standard InChI is InChI=1S/C22H29ClN2O5/c1-3-18-19(17(27)12-30-18)25-21(29)16(11-22(2)8-4-5-9-22)24-20(28)14-7-6-13(26)10-15(14)23/h6-7,10,16,18-19,26H,3-5,8-9,11-12H2,1-2H3,(H,24,28)(H,25,29)/t16-,18-,19+/m0/s1. The van der Waals surface area contributed by atoms with Crippen molar-refractivity contribution >= 4 is 29.2 Å². The van der Waals surface area contributed by atoms with Crippen molar-refractivity contribution < 1.29 is 24.2 Å². The van der Waals surface area contributed by atoms with E-state index in [1.165, 1.54) is 18.2 Å². The van der Waals surface area contributed by atoms with Crippen LogP contribution >= 0.6 is 11.6 Å². The maximum absolute atomic E-state index is 13.1. The molecule has 3 atom stereocenters. The summed E-state index contributed by atoms with van der Waals surface area (Å²) in [4.78, 5) is 38.1. The molecule has 7 nitrogen and oxygen atoms in total. The van der Waals surface area contributed by atoms with Gasteiger partial charge < -0.3 is 20.5 Å². The highest BCUT2D eigenvalue weighted by Crippen LogP contribution is 2.41. The lowest BCUT2D eigenvalue weighted by atomic mass is 9.81. The summed E-state index contributed by atoms with van der Waals surface area (Å²) < 4.78 is 5.45. The van der Waals surface area contributed by atoms with Gasteiger partial charge in [0.05, 0.1) is 16.7 Å². The van der Waals surface area contributed by atoms with Crippen LogP contribution in [0.15, 0.2) is 18.2 Å². The molecule has 1 aromatic rings. The van der Waals surface area contributed by atoms with Crippen LogP contribution in [-0.4, -0.2) is 47.5 Å². The second kappa shape index (κ2) is 9.35. The highest BCUT2D eigenvalue weighted by Gasteiger charge is 2.40. The first-order chi connectivity index (χ1) is 14.2. The van der Waals surface area contributed by atoms with Crippen molar-refractivity contribution in [2.45, 2.75) is 70.6 Å². The van der Waals surface area contributed by atoms with Gasteiger partial charge in [-0.1, -0.05) is 38.3 Å². The fourth-order valence-electron chi connectivity index (χ4n) is 4.42. The smallest absolute Gasteiger partial charge is 0.253 e. The van der Waals surface area contributed by atoms with Gasteiger partial charge in [0.15, 0.2) is 5.78 Å². The number of ketones is 1. The van der Waals surface area contributed by atoms with E-state index in [1.807, 2.05) is 6.92 Å². The van der Waals surface area contributed by atoms with Crippen molar-refractivity contribution in [3.8, 4) is 5.75 Å². The Morgan fingerprint density at radius 2 is 2.03 bits per heavy atom. The van der Waals surface area contributed by atoms with Gasteiger partial charge >= 0.3 is 0 Å². The van der Waals surface area contributed by atoms with E-state index in [-0.39, 0.29) is 40.2 Å². The van der Waals surface area contributed by atoms with Crippen LogP contribution in [0.1, 0.15) is 62.7 Å². The Balaban J connectivity index is 1.78. The van der Waals surface area contributed by atoms with Gasteiger partial charge in [0, 0.05) is 0 Å². The summed E-state index contributed by atoms with van der Waals surface area (Å²) in [5, 5.41) is 15.2. The van der Waals surface area contributed by atoms with Crippen LogP contribution in [0.25, 0.3) is 0 Å². The topological polar surface area (TPSA) is 105 Å². The van der Waals surface area contributed by atoms with Crippen LogP contribution in [0.5, 0.6) is 5.75 Å². The molecule has 0 spiro atoms. The van der Waals surface area contributed by atoms with Crippen molar-refractivity contribution in [2.75, 3.05) is 6.61 Å². The van der Waals surface area contributed by atoms with E-state index in [0.29, 0.717) is 12.8 Å². The van der Waals surface area contributed by atoms with E-state index in [9.17, 15) is 19.5 Å². The van der Waals surface area contributed by atoms with Crippen molar-refractivity contribution in [3.05, 3.63) is 28.8 Å². The zero-order chi connectivity index (χ0) is 21.9. The molecule has 1 aliphatic heterocycles. The monoisotopic (exact) mass is 436 g/mol. The highest BCUT2D eigenvalue weighted by molar-refractivity contribution is 6.34. The van der Waals surface area contributed by atoms with Gasteiger partial charge in [0.1, 0.15) is 24.4 Å². The average Bonchev–Trinajstić information content (AvgIpc) is 3.27. The first-order valence-corrected chi connectivity index (χ1v) is 10.8. The second-order valence-electron chi connectivity index (χ2n) is 8.62. The van der Waals surface area contributed by atoms with E-state index in [0.717, 1.165) is 25.7 Å². The van der Waals surface area contributed by atoms with Crippen molar-refractivity contribution in [1.82, 2.24) is 10.6 Å². The van der Waals surface area contributed by atoms with Crippen molar-refractivity contribution in [2.24, 2.45) is 5.41 Å². The summed E-state index contributed by atoms with van der Waals surface area (Å²) in [5.74, 6) is -1.10. The summed E-state index contributed by atoms with van der Waals surface area (Å²) >= 11 is 6.10. The molecular weight excluding hydrogens is 408 g/mol. The Morgan fingerprint density at radius 1 is 1.33 bits per heavy atom. The summed E-state index contributed by atoms with van der Waals surface area (Å²) in [6.45, 7) is 4.01. The normalized spacial score (nSPS) is 23.9. The number of hydrogen-bond acceptors (Lipinski definition) is 5. The molecular formula is C22H29ClN2O5. The minimum absolute atomic E-state index is 0.0126. The molecule has 0 unspecified atom stereocenters. The third kappa shape index (κ3) is 5.13. The van der Waals surface area contributed by atoms with Crippen molar-refractivity contribution in [1.29, 1.82) is 0 Å². The van der Waals surface area contributed by atoms with Crippen LogP contribution in [-0.2, 0) is 14.3 Å². The van der Waals surface area contributed by atoms with Crippen LogP contribution < -0.4 is 10.6 Å². The number of carbonyl (C=O) groups excluding carboxylic acids is 3. The number of nitrogens with one attached hydrogen (secondary N) is 2. The number of ether oxygens (including phenoxy) is 1. The Morgan fingerprint density at radius 3 is 2.67 bits per heavy atom. The van der Waals surface area contributed by atoms with E-state index in [2.05, 4.69) is 17.6 Å². The zero-order valence-electron chi connectivity index (χ0n) is 17.4. The number of hydrogen-bond donors (Lipinski definition) is 3. The van der Waals surface area contributed by atoms with E-state index in [1.54, 1.807) is 0 Å². The molecule has 30 heavy (non-hydrogen) atoms. The molecule has 3 N–H and O–H groups in total. The molecule has 1 aromatic carbocycles. The third-order valence-corrected chi connectivity index (χ3v) is 6.50. The molecule has 8 heteroatoms. The first kappa shape index (κ1) is 22.6. The van der Waals surface area contributed by atoms with Gasteiger partial charge in [-0.15, -0.1) is 0 Å². The number of rotatable bonds is 7. The Hall–Kier alpha value is -2.12. The Bertz CT molecular complexity index is 822. The van der Waals surface area contributed by atoms with E-state index >= 15 is 0 Å². The van der Waals surface area contributed by atoms with Crippen LogP contribution in [0.4, 0.5) is 0 Å². The largest absolute Gasteiger partial charge is 0.508 e. The molecule has 0 radical (unpaired) electrons. The Labute approximate surface area is 181 Å². The molecule has 164 valence electrons. The average molecular weight is 437 g/mol. The number of aromatic hydroxyl groups is 1. The number of carbonyl (C=O) groups is 3. The lowest BCUT2D eigenvalue weighted by Crippen LogP contribution is -2.54. The van der Waals surface area contributed by atoms with Gasteiger partial charge in [0.2, 0.25) is 5.91 Å². The van der Waals surface area contributed by atoms with Crippen LogP contribution in [0, 0.1) is 5.41 Å². The number of Topliss-reactive ketones (excluding diaryl/α,β-unsaturated/α-hetero) is 1. The third-order valence-electron chi connectivity index (χ3n) is 6.19. The minimum atomic E-state index is -0.809. The van der Waals surface area contributed by atoms with Crippen LogP contribution in [0.2, 0.25) is 5.02 Å². The molecule has 0 bridgehead atoms. The van der Waals surface area contributed by atoms with Gasteiger partial charge in [-0.25, -0.2) is 0 Å². The number of amides is 2. The quantitative estimate of drug-likeness (QED) is 0.609. The molecule has 1 aliphatic carbocycles. The van der Waals surface area contributed by atoms with Gasteiger partial charge in [-0.05, 0) is 49.3 Å². The number of phenols is 1. The predicted molar refractivity (Wildman–Crippen MR) is 113 cm³/mol. The van der Waals surface area contributed by atoms with Crippen molar-refractivity contribution in [3.63, 3.8) is 0 Å². The maximum atomic E-state index is 13.1. The number of halogens is 1. The van der Waals surface area contributed by atoms with Gasteiger partial charge in [-0.3, -0.25) is 14.4 Å². The molecule has 1 saturated heterocycles. The van der Waals surface area contributed by atoms with E-state index in [4.69, 9.17) is 16.3 Å². The SMILES string of the molecule is CC[C@@H]1OCC(=O)[C@H]1NC(=O)[C@H](CC1(C)CCCC1)NC(=O)c1ccc(O)cc1Cl. The summed E-state index contributed by atoms with van der Waals surface area (Å²) in [6.07, 6.45) is 4.87. The molecule has 1 heterocycles. The van der Waals surface area contributed by atoms with Gasteiger partial charge in [0.25, 0.3) is 5.91 Å². The molecule has 0 aromatic heterocycles. The van der Waals surface area contributed by atoms with Gasteiger partial charge in [-0.2, -0.15) is 0 Å². The fraction of sp³-hybridized carbons (Fsp3) is 0.591. The summed E-state index contributed by atoms with van der Waals surface area (Å²) in [7, 11) is 0. The van der Waals surface area contributed by atoms with Crippen LogP contribution in [0.3, 0.4) is 0 Å². The first-order valence-electron chi connectivity index (χ1n) is 10.5. The molecule has 2 amide bonds. The summed E-state index contributed by atoms with van der Waals surface area (Å²) in [5.41, 5.74) is 0.115. The Kier molecular flexibility index (Phi) is 7.03. The summed E-state index contributed by atoms with van der Waals surface area (Å²) in [6, 6.07) is 2.56.